The highest BCUT2D eigenvalue weighted by Gasteiger charge is 2.10. The molecule has 0 aliphatic rings. The summed E-state index contributed by atoms with van der Waals surface area (Å²) in [6.07, 6.45) is 0. The first-order valence-corrected chi connectivity index (χ1v) is 9.54. The first-order chi connectivity index (χ1) is 12.6. The second-order valence-electron chi connectivity index (χ2n) is 7.00. The minimum Gasteiger partial charge on any atom is -0.481 e. The Balaban J connectivity index is 2.28. The monoisotopic (exact) mass is 403 g/mol. The number of carbonyl (C=O) groups is 1. The van der Waals surface area contributed by atoms with Gasteiger partial charge in [-0.1, -0.05) is 29.5 Å². The van der Waals surface area contributed by atoms with E-state index in [-0.39, 0.29) is 5.54 Å². The zero-order valence-corrected chi connectivity index (χ0v) is 17.3. The molecule has 2 aromatic carbocycles. The molecule has 142 valence electrons. The van der Waals surface area contributed by atoms with Crippen molar-refractivity contribution in [1.82, 2.24) is 4.72 Å². The summed E-state index contributed by atoms with van der Waals surface area (Å²) in [5.74, 6) is 5.55. The molecule has 0 fully saturated rings. The Morgan fingerprint density at radius 2 is 1.89 bits per heavy atom. The van der Waals surface area contributed by atoms with Gasteiger partial charge in [0.2, 0.25) is 0 Å². The van der Waals surface area contributed by atoms with Gasteiger partial charge >= 0.3 is 5.97 Å². The quantitative estimate of drug-likeness (QED) is 0.548. The highest BCUT2D eigenvalue weighted by atomic mass is 35.5. The van der Waals surface area contributed by atoms with Crippen LogP contribution in [0.2, 0.25) is 5.02 Å². The van der Waals surface area contributed by atoms with Crippen LogP contribution < -0.4 is 9.46 Å². The fourth-order valence-corrected chi connectivity index (χ4v) is 2.92. The number of hydrogen-bond donors (Lipinski definition) is 2. The van der Waals surface area contributed by atoms with E-state index in [9.17, 15) is 4.79 Å². The molecule has 2 rings (SSSR count). The van der Waals surface area contributed by atoms with E-state index >= 15 is 0 Å². The van der Waals surface area contributed by atoms with Crippen LogP contribution in [0, 0.1) is 18.8 Å². The van der Waals surface area contributed by atoms with Crippen molar-refractivity contribution < 1.29 is 14.6 Å². The van der Waals surface area contributed by atoms with Crippen LogP contribution in [0.15, 0.2) is 41.3 Å². The molecule has 2 aromatic rings. The van der Waals surface area contributed by atoms with Gasteiger partial charge in [-0.15, -0.1) is 0 Å². The SMILES string of the molecule is Cc1ccc(SNC(C)(C)C)cc1C#Cc1cc(Cl)ccc1OCC(=O)O. The van der Waals surface area contributed by atoms with Crippen molar-refractivity contribution in [3.05, 3.63) is 58.1 Å². The van der Waals surface area contributed by atoms with Crippen LogP contribution in [-0.4, -0.2) is 23.2 Å². The second kappa shape index (κ2) is 9.18. The van der Waals surface area contributed by atoms with Gasteiger partial charge in [-0.3, -0.25) is 4.72 Å². The molecule has 0 saturated carbocycles. The average Bonchev–Trinajstić information content (AvgIpc) is 2.58. The molecule has 0 spiro atoms. The Morgan fingerprint density at radius 1 is 1.19 bits per heavy atom. The van der Waals surface area contributed by atoms with E-state index in [0.717, 1.165) is 16.0 Å². The Kier molecular flexibility index (Phi) is 7.20. The molecule has 6 heteroatoms. The van der Waals surface area contributed by atoms with Crippen molar-refractivity contribution in [2.45, 2.75) is 38.1 Å². The van der Waals surface area contributed by atoms with Crippen molar-refractivity contribution >= 4 is 29.5 Å². The number of hydrogen-bond acceptors (Lipinski definition) is 4. The lowest BCUT2D eigenvalue weighted by molar-refractivity contribution is -0.139. The Bertz CT molecular complexity index is 895. The molecule has 2 N–H and O–H groups in total. The average molecular weight is 404 g/mol. The van der Waals surface area contributed by atoms with Gasteiger partial charge in [0.1, 0.15) is 5.75 Å². The third-order valence-corrected chi connectivity index (χ3v) is 4.75. The molecule has 4 nitrogen and oxygen atoms in total. The predicted octanol–water partition coefficient (Wildman–Crippen LogP) is 4.91. The predicted molar refractivity (Wildman–Crippen MR) is 110 cm³/mol. The molecule has 0 unspecified atom stereocenters. The maximum absolute atomic E-state index is 10.7. The van der Waals surface area contributed by atoms with Crippen molar-refractivity contribution in [2.24, 2.45) is 0 Å². The van der Waals surface area contributed by atoms with Crippen LogP contribution in [0.4, 0.5) is 0 Å². The molecule has 0 atom stereocenters. The molecule has 0 amide bonds. The first-order valence-electron chi connectivity index (χ1n) is 8.35. The Hall–Kier alpha value is -2.13. The summed E-state index contributed by atoms with van der Waals surface area (Å²) in [4.78, 5) is 11.8. The van der Waals surface area contributed by atoms with Crippen LogP contribution in [0.5, 0.6) is 5.75 Å². The van der Waals surface area contributed by atoms with Gasteiger partial charge in [0.05, 0.1) is 5.56 Å². The van der Waals surface area contributed by atoms with Gasteiger partial charge in [-0.25, -0.2) is 4.79 Å². The molecule has 0 saturated heterocycles. The minimum absolute atomic E-state index is 0.00143. The van der Waals surface area contributed by atoms with Gasteiger partial charge in [-0.05, 0) is 75.5 Å². The van der Waals surface area contributed by atoms with Gasteiger partial charge in [0, 0.05) is 21.0 Å². The lowest BCUT2D eigenvalue weighted by Crippen LogP contribution is -2.29. The second-order valence-corrected chi connectivity index (χ2v) is 8.32. The molecule has 0 aromatic heterocycles. The molecule has 0 bridgehead atoms. The fourth-order valence-electron chi connectivity index (χ4n) is 2.01. The van der Waals surface area contributed by atoms with Crippen LogP contribution in [0.1, 0.15) is 37.5 Å². The smallest absolute Gasteiger partial charge is 0.341 e. The molecule has 0 heterocycles. The summed E-state index contributed by atoms with van der Waals surface area (Å²) in [7, 11) is 0. The number of nitrogens with one attached hydrogen (secondary N) is 1. The first kappa shape index (κ1) is 21.2. The fraction of sp³-hybridized carbons (Fsp3) is 0.286. The van der Waals surface area contributed by atoms with E-state index in [1.807, 2.05) is 25.1 Å². The molecule has 0 radical (unpaired) electrons. The molecule has 27 heavy (non-hydrogen) atoms. The Morgan fingerprint density at radius 3 is 2.56 bits per heavy atom. The van der Waals surface area contributed by atoms with Crippen molar-refractivity contribution in [3.8, 4) is 17.6 Å². The normalized spacial score (nSPS) is 10.9. The summed E-state index contributed by atoms with van der Waals surface area (Å²) in [5.41, 5.74) is 2.49. The minimum atomic E-state index is -1.05. The highest BCUT2D eigenvalue weighted by molar-refractivity contribution is 7.97. The lowest BCUT2D eigenvalue weighted by atomic mass is 10.1. The van der Waals surface area contributed by atoms with E-state index < -0.39 is 12.6 Å². The summed E-state index contributed by atoms with van der Waals surface area (Å²) in [6, 6.07) is 11.0. The van der Waals surface area contributed by atoms with Gasteiger partial charge < -0.3 is 9.84 Å². The third kappa shape index (κ3) is 7.18. The topological polar surface area (TPSA) is 58.6 Å². The van der Waals surface area contributed by atoms with Gasteiger partial charge in [-0.2, -0.15) is 0 Å². The zero-order chi connectivity index (χ0) is 20.0. The molecule has 0 aliphatic carbocycles. The van der Waals surface area contributed by atoms with Crippen LogP contribution in [0.3, 0.4) is 0 Å². The number of carboxylic acid groups (broad SMARTS) is 1. The third-order valence-electron chi connectivity index (χ3n) is 3.31. The number of carboxylic acids is 1. The van der Waals surface area contributed by atoms with Crippen LogP contribution >= 0.6 is 23.5 Å². The van der Waals surface area contributed by atoms with Gasteiger partial charge in [0.25, 0.3) is 0 Å². The maximum Gasteiger partial charge on any atom is 0.341 e. The number of halogens is 1. The van der Waals surface area contributed by atoms with Crippen molar-refractivity contribution in [3.63, 3.8) is 0 Å². The maximum atomic E-state index is 10.7. The summed E-state index contributed by atoms with van der Waals surface area (Å²) >= 11 is 7.61. The van der Waals surface area contributed by atoms with Gasteiger partial charge in [0.15, 0.2) is 6.61 Å². The van der Waals surface area contributed by atoms with E-state index in [0.29, 0.717) is 16.3 Å². The highest BCUT2D eigenvalue weighted by Crippen LogP contribution is 2.24. The van der Waals surface area contributed by atoms with E-state index in [1.54, 1.807) is 30.1 Å². The van der Waals surface area contributed by atoms with Crippen LogP contribution in [0.25, 0.3) is 0 Å². The standard InChI is InChI=1S/C21H22ClNO3S/c1-14-5-9-18(27-23-21(2,3)4)12-15(14)6-7-16-11-17(22)8-10-19(16)26-13-20(24)25/h5,8-12,23H,13H2,1-4H3,(H,24,25). The number of aliphatic carboxylic acids is 1. The number of aryl methyl sites for hydroxylation is 1. The largest absolute Gasteiger partial charge is 0.481 e. The molecule has 0 aliphatic heterocycles. The number of ether oxygens (including phenoxy) is 1. The van der Waals surface area contributed by atoms with E-state index in [2.05, 4.69) is 37.3 Å². The summed E-state index contributed by atoms with van der Waals surface area (Å²) < 4.78 is 8.68. The van der Waals surface area contributed by atoms with E-state index in [4.69, 9.17) is 21.4 Å². The lowest BCUT2D eigenvalue weighted by Gasteiger charge is -2.19. The molecular weight excluding hydrogens is 382 g/mol. The van der Waals surface area contributed by atoms with Crippen molar-refractivity contribution in [1.29, 1.82) is 0 Å². The van der Waals surface area contributed by atoms with Crippen molar-refractivity contribution in [2.75, 3.05) is 6.61 Å². The van der Waals surface area contributed by atoms with E-state index in [1.165, 1.54) is 0 Å². The van der Waals surface area contributed by atoms with Crippen LogP contribution in [-0.2, 0) is 4.79 Å². The zero-order valence-electron chi connectivity index (χ0n) is 15.7. The Labute approximate surface area is 169 Å². The molecular formula is C21H22ClNO3S. The number of benzene rings is 2. The summed E-state index contributed by atoms with van der Waals surface area (Å²) in [6.45, 7) is 7.88. The summed E-state index contributed by atoms with van der Waals surface area (Å²) in [5, 5.41) is 9.32. The number of rotatable bonds is 5.